The molecule has 0 saturated heterocycles. The molecule has 1 atom stereocenters. The number of hydrogen-bond donors (Lipinski definition) is 1. The third-order valence-corrected chi connectivity index (χ3v) is 3.93. The molecular formula is C15H20FN3S. The molecule has 0 spiro atoms. The summed E-state index contributed by atoms with van der Waals surface area (Å²) in [4.78, 5) is 1.08. The van der Waals surface area contributed by atoms with Gasteiger partial charge in [-0.1, -0.05) is 37.4 Å². The van der Waals surface area contributed by atoms with Crippen LogP contribution in [0.25, 0.3) is 0 Å². The molecule has 0 bridgehead atoms. The van der Waals surface area contributed by atoms with Gasteiger partial charge in [-0.15, -0.1) is 5.10 Å². The van der Waals surface area contributed by atoms with Gasteiger partial charge in [0, 0.05) is 0 Å². The Labute approximate surface area is 123 Å². The van der Waals surface area contributed by atoms with Gasteiger partial charge in [0.2, 0.25) is 0 Å². The normalized spacial score (nSPS) is 12.8. The lowest BCUT2D eigenvalue weighted by Gasteiger charge is -2.19. The van der Waals surface area contributed by atoms with Crippen molar-refractivity contribution in [2.45, 2.75) is 39.2 Å². The molecule has 20 heavy (non-hydrogen) atoms. The molecule has 2 aromatic rings. The van der Waals surface area contributed by atoms with E-state index in [0.29, 0.717) is 5.92 Å². The first kappa shape index (κ1) is 15.1. The molecule has 108 valence electrons. The fourth-order valence-electron chi connectivity index (χ4n) is 2.14. The Bertz CT molecular complexity index is 554. The lowest BCUT2D eigenvalue weighted by molar-refractivity contribution is 0.584. The number of halogens is 1. The van der Waals surface area contributed by atoms with Gasteiger partial charge in [0.05, 0.1) is 16.6 Å². The Morgan fingerprint density at radius 1 is 1.35 bits per heavy atom. The van der Waals surface area contributed by atoms with Gasteiger partial charge < -0.3 is 5.32 Å². The summed E-state index contributed by atoms with van der Waals surface area (Å²) in [6.45, 7) is 7.19. The fraction of sp³-hybridized carbons (Fsp3) is 0.467. The SMILES string of the molecule is CCCNC(c1cccc(F)c1)c1snnc1C(C)C. The van der Waals surface area contributed by atoms with Crippen LogP contribution >= 0.6 is 11.5 Å². The predicted molar refractivity (Wildman–Crippen MR) is 80.5 cm³/mol. The maximum Gasteiger partial charge on any atom is 0.123 e. The Hall–Kier alpha value is -1.33. The number of rotatable bonds is 6. The molecule has 2 rings (SSSR count). The Kier molecular flexibility index (Phi) is 5.20. The molecule has 0 fully saturated rings. The molecule has 0 aliphatic heterocycles. The van der Waals surface area contributed by atoms with Crippen molar-refractivity contribution in [2.75, 3.05) is 6.54 Å². The standard InChI is InChI=1S/C15H20FN3S/c1-4-8-17-14(11-6-5-7-12(16)9-11)15-13(10(2)3)18-19-20-15/h5-7,9-10,14,17H,4,8H2,1-3H3. The van der Waals surface area contributed by atoms with Gasteiger partial charge in [-0.05, 0) is 48.1 Å². The molecule has 1 aromatic heterocycles. The van der Waals surface area contributed by atoms with E-state index in [1.54, 1.807) is 12.1 Å². The first-order chi connectivity index (χ1) is 9.63. The van der Waals surface area contributed by atoms with Crippen molar-refractivity contribution >= 4 is 11.5 Å². The second-order valence-corrected chi connectivity index (χ2v) is 5.90. The highest BCUT2D eigenvalue weighted by molar-refractivity contribution is 7.05. The topological polar surface area (TPSA) is 37.8 Å². The van der Waals surface area contributed by atoms with E-state index in [9.17, 15) is 4.39 Å². The molecule has 0 amide bonds. The van der Waals surface area contributed by atoms with Crippen LogP contribution in [0.5, 0.6) is 0 Å². The highest BCUT2D eigenvalue weighted by Gasteiger charge is 2.22. The summed E-state index contributed by atoms with van der Waals surface area (Å²) in [5.41, 5.74) is 1.92. The zero-order valence-corrected chi connectivity index (χ0v) is 12.9. The second-order valence-electron chi connectivity index (χ2n) is 5.12. The maximum absolute atomic E-state index is 13.5. The highest BCUT2D eigenvalue weighted by atomic mass is 32.1. The minimum Gasteiger partial charge on any atom is -0.305 e. The average Bonchev–Trinajstić information content (AvgIpc) is 2.89. The van der Waals surface area contributed by atoms with Crippen molar-refractivity contribution in [1.82, 2.24) is 14.9 Å². The first-order valence-electron chi connectivity index (χ1n) is 6.94. The summed E-state index contributed by atoms with van der Waals surface area (Å²) in [5.74, 6) is 0.0950. The van der Waals surface area contributed by atoms with Crippen LogP contribution in [0, 0.1) is 5.82 Å². The minimum atomic E-state index is -0.214. The van der Waals surface area contributed by atoms with Gasteiger partial charge >= 0.3 is 0 Å². The molecule has 1 N–H and O–H groups in total. The van der Waals surface area contributed by atoms with Crippen LogP contribution in [0.4, 0.5) is 4.39 Å². The van der Waals surface area contributed by atoms with Crippen LogP contribution in [0.3, 0.4) is 0 Å². The second kappa shape index (κ2) is 6.90. The molecule has 1 aromatic carbocycles. The lowest BCUT2D eigenvalue weighted by Crippen LogP contribution is -2.23. The number of nitrogens with one attached hydrogen (secondary N) is 1. The number of hydrogen-bond acceptors (Lipinski definition) is 4. The third kappa shape index (κ3) is 3.41. The highest BCUT2D eigenvalue weighted by Crippen LogP contribution is 2.31. The summed E-state index contributed by atoms with van der Waals surface area (Å²) in [6, 6.07) is 6.70. The summed E-state index contributed by atoms with van der Waals surface area (Å²) in [7, 11) is 0. The van der Waals surface area contributed by atoms with Gasteiger partial charge in [-0.25, -0.2) is 4.39 Å². The largest absolute Gasteiger partial charge is 0.305 e. The van der Waals surface area contributed by atoms with Crippen LogP contribution in [-0.4, -0.2) is 16.1 Å². The molecular weight excluding hydrogens is 273 g/mol. The van der Waals surface area contributed by atoms with Crippen molar-refractivity contribution in [3.63, 3.8) is 0 Å². The zero-order valence-electron chi connectivity index (χ0n) is 12.1. The molecule has 0 saturated carbocycles. The van der Waals surface area contributed by atoms with E-state index in [1.807, 2.05) is 6.07 Å². The molecule has 1 heterocycles. The molecule has 0 aliphatic rings. The lowest BCUT2D eigenvalue weighted by atomic mass is 10.00. The van der Waals surface area contributed by atoms with Gasteiger partial charge in [0.1, 0.15) is 5.82 Å². The molecule has 5 heteroatoms. The van der Waals surface area contributed by atoms with Gasteiger partial charge in [0.25, 0.3) is 0 Å². The monoisotopic (exact) mass is 293 g/mol. The van der Waals surface area contributed by atoms with Crippen LogP contribution in [0.15, 0.2) is 24.3 Å². The summed E-state index contributed by atoms with van der Waals surface area (Å²) >= 11 is 1.39. The Morgan fingerprint density at radius 2 is 2.15 bits per heavy atom. The predicted octanol–water partition coefficient (Wildman–Crippen LogP) is 3.89. The van der Waals surface area contributed by atoms with Crippen molar-refractivity contribution in [3.05, 3.63) is 46.2 Å². The fourth-order valence-corrected chi connectivity index (χ4v) is 3.05. The van der Waals surface area contributed by atoms with E-state index in [2.05, 4.69) is 35.7 Å². The quantitative estimate of drug-likeness (QED) is 0.878. The van der Waals surface area contributed by atoms with E-state index in [0.717, 1.165) is 29.1 Å². The van der Waals surface area contributed by atoms with Crippen molar-refractivity contribution in [2.24, 2.45) is 0 Å². The van der Waals surface area contributed by atoms with E-state index >= 15 is 0 Å². The average molecular weight is 293 g/mol. The first-order valence-corrected chi connectivity index (χ1v) is 7.71. The molecule has 3 nitrogen and oxygen atoms in total. The summed E-state index contributed by atoms with van der Waals surface area (Å²) in [6.07, 6.45) is 1.02. The van der Waals surface area contributed by atoms with E-state index in [-0.39, 0.29) is 11.9 Å². The Morgan fingerprint density at radius 3 is 2.80 bits per heavy atom. The maximum atomic E-state index is 13.5. The van der Waals surface area contributed by atoms with E-state index < -0.39 is 0 Å². The van der Waals surface area contributed by atoms with Crippen LogP contribution in [0.2, 0.25) is 0 Å². The Balaban J connectivity index is 2.39. The van der Waals surface area contributed by atoms with E-state index in [1.165, 1.54) is 17.6 Å². The summed E-state index contributed by atoms with van der Waals surface area (Å²) < 4.78 is 17.6. The minimum absolute atomic E-state index is 0.0388. The van der Waals surface area contributed by atoms with Gasteiger partial charge in [-0.3, -0.25) is 0 Å². The summed E-state index contributed by atoms with van der Waals surface area (Å²) in [5, 5.41) is 7.70. The van der Waals surface area contributed by atoms with Gasteiger partial charge in [-0.2, -0.15) is 0 Å². The van der Waals surface area contributed by atoms with Crippen LogP contribution < -0.4 is 5.32 Å². The third-order valence-electron chi connectivity index (χ3n) is 3.13. The van der Waals surface area contributed by atoms with Crippen molar-refractivity contribution in [3.8, 4) is 0 Å². The number of aromatic nitrogens is 2. The van der Waals surface area contributed by atoms with Crippen molar-refractivity contribution < 1.29 is 4.39 Å². The van der Waals surface area contributed by atoms with Crippen molar-refractivity contribution in [1.29, 1.82) is 0 Å². The molecule has 1 unspecified atom stereocenters. The van der Waals surface area contributed by atoms with E-state index in [4.69, 9.17) is 0 Å². The molecule has 0 radical (unpaired) electrons. The zero-order chi connectivity index (χ0) is 14.5. The van der Waals surface area contributed by atoms with Gasteiger partial charge in [0.15, 0.2) is 0 Å². The van der Waals surface area contributed by atoms with Crippen LogP contribution in [0.1, 0.15) is 55.3 Å². The number of nitrogens with zero attached hydrogens (tertiary/aromatic N) is 2. The smallest absolute Gasteiger partial charge is 0.123 e. The molecule has 0 aliphatic carbocycles. The van der Waals surface area contributed by atoms with Crippen LogP contribution in [-0.2, 0) is 0 Å². The number of benzene rings is 1.